The lowest BCUT2D eigenvalue weighted by molar-refractivity contribution is -0.124. The number of amides is 1. The molecule has 1 unspecified atom stereocenters. The molecule has 2 aromatic carbocycles. The van der Waals surface area contributed by atoms with Crippen molar-refractivity contribution in [1.82, 2.24) is 19.7 Å². The zero-order chi connectivity index (χ0) is 22.3. The van der Waals surface area contributed by atoms with Crippen molar-refractivity contribution in [2.24, 2.45) is 0 Å². The second-order valence-electron chi connectivity index (χ2n) is 6.71. The van der Waals surface area contributed by atoms with E-state index in [0.717, 1.165) is 0 Å². The van der Waals surface area contributed by atoms with Crippen LogP contribution < -0.4 is 11.1 Å². The number of aliphatic hydroxyl groups is 1. The fourth-order valence-corrected chi connectivity index (χ4v) is 3.94. The molecule has 0 fully saturated rings. The lowest BCUT2D eigenvalue weighted by atomic mass is 10.1. The van der Waals surface area contributed by atoms with Gasteiger partial charge < -0.3 is 16.2 Å². The first-order valence-electron chi connectivity index (χ1n) is 8.95. The monoisotopic (exact) mass is 476 g/mol. The van der Waals surface area contributed by atoms with Gasteiger partial charge in [0.15, 0.2) is 11.9 Å². The zero-order valence-corrected chi connectivity index (χ0v) is 18.2. The summed E-state index contributed by atoms with van der Waals surface area (Å²) >= 11 is 18.3. The number of aryl methyl sites for hydroxylation is 1. The molecule has 1 atom stereocenters. The molecule has 31 heavy (non-hydrogen) atoms. The molecule has 0 aliphatic rings. The number of carbonyl (C=O) groups is 1. The van der Waals surface area contributed by atoms with Crippen LogP contribution in [-0.4, -0.2) is 30.8 Å². The van der Waals surface area contributed by atoms with Crippen LogP contribution in [0.1, 0.15) is 17.4 Å². The Morgan fingerprint density at radius 1 is 1.13 bits per heavy atom. The van der Waals surface area contributed by atoms with Crippen molar-refractivity contribution in [2.45, 2.75) is 13.0 Å². The highest BCUT2D eigenvalue weighted by molar-refractivity contribution is 6.34. The van der Waals surface area contributed by atoms with Gasteiger partial charge in [0.1, 0.15) is 17.4 Å². The van der Waals surface area contributed by atoms with Gasteiger partial charge in [0.05, 0.1) is 16.4 Å². The van der Waals surface area contributed by atoms with E-state index in [2.05, 4.69) is 20.4 Å². The lowest BCUT2D eigenvalue weighted by Gasteiger charge is -2.14. The van der Waals surface area contributed by atoms with E-state index in [9.17, 15) is 9.90 Å². The molecule has 4 aromatic rings. The Morgan fingerprint density at radius 3 is 2.52 bits per heavy atom. The van der Waals surface area contributed by atoms with Crippen LogP contribution >= 0.6 is 34.8 Å². The summed E-state index contributed by atoms with van der Waals surface area (Å²) in [5, 5.41) is 18.3. The van der Waals surface area contributed by atoms with E-state index in [1.807, 2.05) is 0 Å². The van der Waals surface area contributed by atoms with Crippen LogP contribution in [0.4, 0.5) is 11.5 Å². The molecule has 2 heterocycles. The third-order valence-corrected chi connectivity index (χ3v) is 5.29. The molecule has 8 nitrogen and oxygen atoms in total. The highest BCUT2D eigenvalue weighted by Gasteiger charge is 2.20. The summed E-state index contributed by atoms with van der Waals surface area (Å²) < 4.78 is 1.55. The molecule has 0 saturated carbocycles. The number of hydrogen-bond donors (Lipinski definition) is 3. The molecule has 2 aromatic heterocycles. The van der Waals surface area contributed by atoms with Crippen molar-refractivity contribution in [3.8, 4) is 5.69 Å². The van der Waals surface area contributed by atoms with Crippen molar-refractivity contribution >= 4 is 63.2 Å². The number of aliphatic hydroxyl groups excluding tert-OH is 1. The Kier molecular flexibility index (Phi) is 5.72. The van der Waals surface area contributed by atoms with Crippen LogP contribution in [0.15, 0.2) is 42.7 Å². The number of nitrogens with zero attached hydrogens (tertiary/aromatic N) is 4. The Bertz CT molecular complexity index is 1300. The average molecular weight is 478 g/mol. The molecule has 0 aliphatic carbocycles. The molecule has 0 spiro atoms. The SMILES string of the molecule is Cc1nn(-c2ccc(NC(=O)C(O)c3cc(Cl)cc(Cl)c3)cc2Cl)c2c(N)ncnc12. The van der Waals surface area contributed by atoms with E-state index in [0.29, 0.717) is 43.2 Å². The largest absolute Gasteiger partial charge is 0.382 e. The minimum absolute atomic E-state index is 0.266. The predicted molar refractivity (Wildman–Crippen MR) is 121 cm³/mol. The van der Waals surface area contributed by atoms with Crippen molar-refractivity contribution in [3.05, 3.63) is 69.1 Å². The number of nitrogens with two attached hydrogens (primary N) is 1. The van der Waals surface area contributed by atoms with Gasteiger partial charge >= 0.3 is 0 Å². The topological polar surface area (TPSA) is 119 Å². The minimum atomic E-state index is -1.47. The molecule has 0 radical (unpaired) electrons. The molecule has 4 rings (SSSR count). The van der Waals surface area contributed by atoms with Crippen LogP contribution in [0.5, 0.6) is 0 Å². The Balaban J connectivity index is 1.62. The fraction of sp³-hybridized carbons (Fsp3) is 0.100. The van der Waals surface area contributed by atoms with Crippen LogP contribution in [0.3, 0.4) is 0 Å². The van der Waals surface area contributed by atoms with Crippen LogP contribution in [0.2, 0.25) is 15.1 Å². The van der Waals surface area contributed by atoms with E-state index < -0.39 is 12.0 Å². The first-order valence-corrected chi connectivity index (χ1v) is 10.1. The van der Waals surface area contributed by atoms with E-state index in [1.54, 1.807) is 23.7 Å². The third-order valence-electron chi connectivity index (χ3n) is 4.55. The van der Waals surface area contributed by atoms with Gasteiger partial charge in [-0.25, -0.2) is 14.6 Å². The summed E-state index contributed by atoms with van der Waals surface area (Å²) in [5.74, 6) is -0.400. The number of nitrogen functional groups attached to an aromatic ring is 1. The quantitative estimate of drug-likeness (QED) is 0.402. The number of anilines is 2. The van der Waals surface area contributed by atoms with E-state index in [-0.39, 0.29) is 11.4 Å². The number of hydrogen-bond acceptors (Lipinski definition) is 6. The van der Waals surface area contributed by atoms with Crippen molar-refractivity contribution in [1.29, 1.82) is 0 Å². The van der Waals surface area contributed by atoms with Gasteiger partial charge in [-0.2, -0.15) is 5.10 Å². The zero-order valence-electron chi connectivity index (χ0n) is 16.0. The molecular formula is C20H15Cl3N6O2. The maximum Gasteiger partial charge on any atom is 0.257 e. The summed E-state index contributed by atoms with van der Waals surface area (Å²) in [6.07, 6.45) is -0.0979. The summed E-state index contributed by atoms with van der Waals surface area (Å²) in [6, 6.07) is 9.26. The molecule has 1 amide bonds. The Morgan fingerprint density at radius 2 is 1.84 bits per heavy atom. The molecule has 11 heteroatoms. The average Bonchev–Trinajstić information content (AvgIpc) is 3.04. The van der Waals surface area contributed by atoms with Crippen molar-refractivity contribution in [2.75, 3.05) is 11.1 Å². The van der Waals surface area contributed by atoms with Crippen LogP contribution in [0.25, 0.3) is 16.7 Å². The number of nitrogens with one attached hydrogen (secondary N) is 1. The molecule has 0 bridgehead atoms. The van der Waals surface area contributed by atoms with Gasteiger partial charge in [0.25, 0.3) is 5.91 Å². The predicted octanol–water partition coefficient (Wildman–Crippen LogP) is 4.34. The summed E-state index contributed by atoms with van der Waals surface area (Å²) in [7, 11) is 0. The van der Waals surface area contributed by atoms with Crippen LogP contribution in [-0.2, 0) is 4.79 Å². The van der Waals surface area contributed by atoms with E-state index >= 15 is 0 Å². The first kappa shape index (κ1) is 21.3. The molecule has 0 aliphatic heterocycles. The summed E-state index contributed by atoms with van der Waals surface area (Å²) in [4.78, 5) is 20.7. The maximum atomic E-state index is 12.5. The molecule has 4 N–H and O–H groups in total. The van der Waals surface area contributed by atoms with E-state index in [1.165, 1.54) is 30.6 Å². The summed E-state index contributed by atoms with van der Waals surface area (Å²) in [5.41, 5.74) is 9.00. The lowest BCUT2D eigenvalue weighted by Crippen LogP contribution is -2.20. The first-order chi connectivity index (χ1) is 14.7. The maximum absolute atomic E-state index is 12.5. The van der Waals surface area contributed by atoms with Gasteiger partial charge in [-0.3, -0.25) is 4.79 Å². The van der Waals surface area contributed by atoms with E-state index in [4.69, 9.17) is 40.5 Å². The highest BCUT2D eigenvalue weighted by atomic mass is 35.5. The molecule has 0 saturated heterocycles. The standard InChI is InChI=1S/C20H15Cl3N6O2/c1-9-16-17(19(24)26-8-25-16)29(28-9)15-3-2-13(7-14(15)23)27-20(31)18(30)10-4-11(21)6-12(22)5-10/h2-8,18,30H,1H3,(H,27,31)(H2,24,25,26). The number of rotatable bonds is 4. The highest BCUT2D eigenvalue weighted by Crippen LogP contribution is 2.30. The van der Waals surface area contributed by atoms with Crippen LogP contribution in [0, 0.1) is 6.92 Å². The molecular weight excluding hydrogens is 463 g/mol. The van der Waals surface area contributed by atoms with Gasteiger partial charge in [0.2, 0.25) is 0 Å². The second kappa shape index (κ2) is 8.32. The van der Waals surface area contributed by atoms with Crippen molar-refractivity contribution in [3.63, 3.8) is 0 Å². The number of benzene rings is 2. The number of halogens is 3. The minimum Gasteiger partial charge on any atom is -0.382 e. The number of fused-ring (bicyclic) bond motifs is 1. The van der Waals surface area contributed by atoms with Gasteiger partial charge in [-0.15, -0.1) is 0 Å². The summed E-state index contributed by atoms with van der Waals surface area (Å²) in [6.45, 7) is 1.80. The number of aromatic nitrogens is 4. The van der Waals surface area contributed by atoms with Gasteiger partial charge in [0, 0.05) is 15.7 Å². The van der Waals surface area contributed by atoms with Crippen molar-refractivity contribution < 1.29 is 9.90 Å². The normalized spacial score (nSPS) is 12.2. The fourth-order valence-electron chi connectivity index (χ4n) is 3.14. The smallest absolute Gasteiger partial charge is 0.257 e. The Hall–Kier alpha value is -2.91. The third kappa shape index (κ3) is 4.15. The Labute approximate surface area is 191 Å². The second-order valence-corrected chi connectivity index (χ2v) is 7.99. The number of carbonyl (C=O) groups excluding carboxylic acids is 1. The molecule has 158 valence electrons. The van der Waals surface area contributed by atoms with Gasteiger partial charge in [-0.1, -0.05) is 34.8 Å². The van der Waals surface area contributed by atoms with Gasteiger partial charge in [-0.05, 0) is 48.9 Å².